The molecule has 0 aliphatic rings. The molecule has 0 atom stereocenters. The number of hydrogen-bond donors (Lipinski definition) is 0. The predicted molar refractivity (Wildman–Crippen MR) is 43.6 cm³/mol. The van der Waals surface area contributed by atoms with Gasteiger partial charge in [-0.3, -0.25) is 0 Å². The van der Waals surface area contributed by atoms with Crippen molar-refractivity contribution in [3.05, 3.63) is 35.1 Å². The molecule has 3 heteroatoms. The SMILES string of the molecule is N#CC#Cc1cc(C#N)ccc1F. The summed E-state index contributed by atoms with van der Waals surface area (Å²) < 4.78 is 12.9. The molecule has 0 amide bonds. The Morgan fingerprint density at radius 1 is 1.23 bits per heavy atom. The Balaban J connectivity index is 3.23. The van der Waals surface area contributed by atoms with E-state index in [1.54, 1.807) is 6.07 Å². The molecule has 1 aromatic rings. The molecule has 0 spiro atoms. The maximum atomic E-state index is 12.9. The van der Waals surface area contributed by atoms with Gasteiger partial charge < -0.3 is 0 Å². The van der Waals surface area contributed by atoms with Crippen molar-refractivity contribution >= 4 is 0 Å². The van der Waals surface area contributed by atoms with Crippen molar-refractivity contribution in [3.8, 4) is 24.0 Å². The number of nitriles is 2. The highest BCUT2D eigenvalue weighted by Gasteiger charge is 1.99. The monoisotopic (exact) mass is 170 g/mol. The van der Waals surface area contributed by atoms with Crippen LogP contribution in [0.25, 0.3) is 0 Å². The highest BCUT2D eigenvalue weighted by Crippen LogP contribution is 2.08. The first-order chi connectivity index (χ1) is 6.27. The minimum absolute atomic E-state index is 0.0700. The van der Waals surface area contributed by atoms with Crippen molar-refractivity contribution in [1.82, 2.24) is 0 Å². The van der Waals surface area contributed by atoms with Crippen molar-refractivity contribution in [1.29, 1.82) is 10.5 Å². The minimum atomic E-state index is -0.526. The average Bonchev–Trinajstić information content (AvgIpc) is 2.17. The summed E-state index contributed by atoms with van der Waals surface area (Å²) in [7, 11) is 0. The van der Waals surface area contributed by atoms with Crippen molar-refractivity contribution in [2.45, 2.75) is 0 Å². The maximum Gasteiger partial charge on any atom is 0.152 e. The normalized spacial score (nSPS) is 7.62. The zero-order chi connectivity index (χ0) is 9.68. The molecule has 0 bridgehead atoms. The fourth-order valence-electron chi connectivity index (χ4n) is 0.786. The van der Waals surface area contributed by atoms with Gasteiger partial charge in [0.1, 0.15) is 5.82 Å². The van der Waals surface area contributed by atoms with Gasteiger partial charge in [-0.05, 0) is 24.1 Å². The van der Waals surface area contributed by atoms with Gasteiger partial charge in [-0.2, -0.15) is 10.5 Å². The topological polar surface area (TPSA) is 47.6 Å². The van der Waals surface area contributed by atoms with Crippen LogP contribution in [0.15, 0.2) is 18.2 Å². The van der Waals surface area contributed by atoms with Crippen LogP contribution in [0.5, 0.6) is 0 Å². The number of benzene rings is 1. The maximum absolute atomic E-state index is 12.9. The van der Waals surface area contributed by atoms with Crippen LogP contribution in [0.3, 0.4) is 0 Å². The lowest BCUT2D eigenvalue weighted by molar-refractivity contribution is 0.624. The van der Waals surface area contributed by atoms with Gasteiger partial charge in [0.15, 0.2) is 6.07 Å². The number of nitrogens with zero attached hydrogens (tertiary/aromatic N) is 2. The Hall–Kier alpha value is -2.31. The van der Waals surface area contributed by atoms with Crippen LogP contribution in [-0.2, 0) is 0 Å². The molecule has 0 radical (unpaired) electrons. The first kappa shape index (κ1) is 8.78. The molecule has 0 saturated carbocycles. The van der Waals surface area contributed by atoms with Crippen LogP contribution < -0.4 is 0 Å². The van der Waals surface area contributed by atoms with Crippen LogP contribution in [0.1, 0.15) is 11.1 Å². The van der Waals surface area contributed by atoms with E-state index in [9.17, 15) is 4.39 Å². The Morgan fingerprint density at radius 3 is 2.62 bits per heavy atom. The Labute approximate surface area is 74.8 Å². The zero-order valence-electron chi connectivity index (χ0n) is 6.50. The van der Waals surface area contributed by atoms with Gasteiger partial charge >= 0.3 is 0 Å². The second-order valence-corrected chi connectivity index (χ2v) is 2.17. The van der Waals surface area contributed by atoms with Gasteiger partial charge in [0.2, 0.25) is 0 Å². The molecular weight excluding hydrogens is 167 g/mol. The van der Waals surface area contributed by atoms with Crippen LogP contribution >= 0.6 is 0 Å². The second-order valence-electron chi connectivity index (χ2n) is 2.17. The summed E-state index contributed by atoms with van der Waals surface area (Å²) in [5.41, 5.74) is 0.393. The summed E-state index contributed by atoms with van der Waals surface area (Å²) in [6.45, 7) is 0. The Bertz CT molecular complexity index is 466. The second kappa shape index (κ2) is 3.90. The van der Waals surface area contributed by atoms with Crippen molar-refractivity contribution in [2.24, 2.45) is 0 Å². The van der Waals surface area contributed by atoms with E-state index < -0.39 is 5.82 Å². The summed E-state index contributed by atoms with van der Waals surface area (Å²) in [5, 5.41) is 16.6. The number of halogens is 1. The summed E-state index contributed by atoms with van der Waals surface area (Å²) in [6, 6.07) is 7.24. The molecule has 1 aromatic carbocycles. The molecule has 60 valence electrons. The number of rotatable bonds is 0. The van der Waals surface area contributed by atoms with Gasteiger partial charge in [0.05, 0.1) is 17.2 Å². The predicted octanol–water partition coefficient (Wildman–Crippen LogP) is 1.57. The Kier molecular flexibility index (Phi) is 2.64. The smallest absolute Gasteiger partial charge is 0.152 e. The molecule has 1 rings (SSSR count). The van der Waals surface area contributed by atoms with E-state index in [4.69, 9.17) is 10.5 Å². The highest BCUT2D eigenvalue weighted by atomic mass is 19.1. The fourth-order valence-corrected chi connectivity index (χ4v) is 0.786. The van der Waals surface area contributed by atoms with Gasteiger partial charge in [-0.25, -0.2) is 4.39 Å². The van der Waals surface area contributed by atoms with E-state index in [-0.39, 0.29) is 5.56 Å². The summed E-state index contributed by atoms with van der Waals surface area (Å²) in [5.74, 6) is 3.84. The van der Waals surface area contributed by atoms with Crippen molar-refractivity contribution in [3.63, 3.8) is 0 Å². The van der Waals surface area contributed by atoms with E-state index in [2.05, 4.69) is 11.8 Å². The van der Waals surface area contributed by atoms with Crippen LogP contribution in [0.4, 0.5) is 4.39 Å². The van der Waals surface area contributed by atoms with Gasteiger partial charge in [-0.15, -0.1) is 0 Å². The van der Waals surface area contributed by atoms with Crippen molar-refractivity contribution in [2.75, 3.05) is 0 Å². The van der Waals surface area contributed by atoms with E-state index in [1.807, 2.05) is 6.07 Å². The molecule has 0 saturated heterocycles. The molecule has 0 aliphatic heterocycles. The molecule has 0 aliphatic carbocycles. The lowest BCUT2D eigenvalue weighted by atomic mass is 10.1. The largest absolute Gasteiger partial charge is 0.206 e. The lowest BCUT2D eigenvalue weighted by Gasteiger charge is -1.93. The van der Waals surface area contributed by atoms with Gasteiger partial charge in [0, 0.05) is 5.92 Å². The van der Waals surface area contributed by atoms with Crippen molar-refractivity contribution < 1.29 is 4.39 Å². The van der Waals surface area contributed by atoms with Crippen LogP contribution in [-0.4, -0.2) is 0 Å². The molecule has 0 fully saturated rings. The van der Waals surface area contributed by atoms with E-state index in [0.29, 0.717) is 5.56 Å². The molecule has 0 N–H and O–H groups in total. The lowest BCUT2D eigenvalue weighted by Crippen LogP contribution is -1.84. The third-order valence-corrected chi connectivity index (χ3v) is 1.35. The van der Waals surface area contributed by atoms with Gasteiger partial charge in [0.25, 0.3) is 0 Å². The molecule has 0 unspecified atom stereocenters. The van der Waals surface area contributed by atoms with E-state index in [1.165, 1.54) is 12.1 Å². The zero-order valence-corrected chi connectivity index (χ0v) is 6.50. The average molecular weight is 170 g/mol. The molecule has 2 nitrogen and oxygen atoms in total. The Morgan fingerprint density at radius 2 is 2.00 bits per heavy atom. The quantitative estimate of drug-likeness (QED) is 0.555. The summed E-state index contributed by atoms with van der Waals surface area (Å²) in [4.78, 5) is 0. The third-order valence-electron chi connectivity index (χ3n) is 1.35. The first-order valence-electron chi connectivity index (χ1n) is 3.37. The molecule has 0 heterocycles. The minimum Gasteiger partial charge on any atom is -0.206 e. The fraction of sp³-hybridized carbons (Fsp3) is 0. The number of hydrogen-bond acceptors (Lipinski definition) is 2. The molecule has 13 heavy (non-hydrogen) atoms. The van der Waals surface area contributed by atoms with Gasteiger partial charge in [-0.1, -0.05) is 0 Å². The highest BCUT2D eigenvalue weighted by molar-refractivity contribution is 5.44. The molecule has 0 aromatic heterocycles. The standard InChI is InChI=1S/C10H3FN2/c11-10-4-3-8(7-13)6-9(10)2-1-5-12/h3-4,6H. The third kappa shape index (κ3) is 2.06. The van der Waals surface area contributed by atoms with Crippen LogP contribution in [0.2, 0.25) is 0 Å². The summed E-state index contributed by atoms with van der Waals surface area (Å²) in [6.07, 6.45) is 0. The molecular formula is C10H3FN2. The van der Waals surface area contributed by atoms with E-state index in [0.717, 1.165) is 6.07 Å². The van der Waals surface area contributed by atoms with E-state index >= 15 is 0 Å². The summed E-state index contributed by atoms with van der Waals surface area (Å²) >= 11 is 0. The van der Waals surface area contributed by atoms with Crippen LogP contribution in [0, 0.1) is 40.3 Å². The first-order valence-corrected chi connectivity index (χ1v) is 3.37.